The van der Waals surface area contributed by atoms with Gasteiger partial charge in [0.1, 0.15) is 5.82 Å². The average molecular weight is 426 g/mol. The van der Waals surface area contributed by atoms with Crippen molar-refractivity contribution in [2.45, 2.75) is 5.75 Å². The number of rotatable bonds is 7. The number of nitrogens with one attached hydrogen (secondary N) is 2. The first-order valence-corrected chi connectivity index (χ1v) is 10.2. The molecule has 0 saturated heterocycles. The molecule has 4 nitrogen and oxygen atoms in total. The van der Waals surface area contributed by atoms with Gasteiger partial charge in [-0.2, -0.15) is 11.8 Å². The number of amides is 1. The van der Waals surface area contributed by atoms with Crippen molar-refractivity contribution < 1.29 is 9.18 Å². The molecule has 1 amide bonds. The maximum atomic E-state index is 13.7. The van der Waals surface area contributed by atoms with E-state index < -0.39 is 0 Å². The second-order valence-electron chi connectivity index (χ2n) is 5.91. The quantitative estimate of drug-likeness (QED) is 0.508. The van der Waals surface area contributed by atoms with E-state index in [2.05, 4.69) is 10.6 Å². The summed E-state index contributed by atoms with van der Waals surface area (Å²) in [7, 11) is 3.43. The van der Waals surface area contributed by atoms with Gasteiger partial charge in [0.15, 0.2) is 5.11 Å². The van der Waals surface area contributed by atoms with Crippen LogP contribution in [0.5, 0.6) is 0 Å². The highest BCUT2D eigenvalue weighted by atomic mass is 35.5. The Morgan fingerprint density at radius 2 is 1.93 bits per heavy atom. The second kappa shape index (κ2) is 10.5. The molecule has 0 spiro atoms. The van der Waals surface area contributed by atoms with Gasteiger partial charge in [0.25, 0.3) is 5.91 Å². The van der Waals surface area contributed by atoms with Gasteiger partial charge in [-0.05, 0) is 48.6 Å². The zero-order chi connectivity index (χ0) is 19.8. The maximum Gasteiger partial charge on any atom is 0.253 e. The number of nitrogens with zero attached hydrogens (tertiary/aromatic N) is 1. The zero-order valence-corrected chi connectivity index (χ0v) is 17.5. The second-order valence-corrected chi connectivity index (χ2v) is 7.83. The Morgan fingerprint density at radius 3 is 2.56 bits per heavy atom. The number of thioether (sulfide) groups is 1. The SMILES string of the molecule is CN(C)C(=O)c1ccc(NC(=S)NCCSCc2c(F)cccc2Cl)cc1. The fourth-order valence-corrected chi connectivity index (χ4v) is 3.63. The van der Waals surface area contributed by atoms with E-state index in [1.165, 1.54) is 11.0 Å². The van der Waals surface area contributed by atoms with E-state index in [1.54, 1.807) is 62.3 Å². The van der Waals surface area contributed by atoms with Crippen LogP contribution in [0.25, 0.3) is 0 Å². The summed E-state index contributed by atoms with van der Waals surface area (Å²) < 4.78 is 13.7. The molecule has 0 aliphatic carbocycles. The topological polar surface area (TPSA) is 44.4 Å². The molecular weight excluding hydrogens is 405 g/mol. The lowest BCUT2D eigenvalue weighted by Gasteiger charge is -2.13. The highest BCUT2D eigenvalue weighted by Crippen LogP contribution is 2.23. The van der Waals surface area contributed by atoms with Crippen molar-refractivity contribution in [3.8, 4) is 0 Å². The highest BCUT2D eigenvalue weighted by Gasteiger charge is 2.08. The van der Waals surface area contributed by atoms with E-state index in [0.29, 0.717) is 33.6 Å². The van der Waals surface area contributed by atoms with Crippen molar-refractivity contribution in [2.24, 2.45) is 0 Å². The fourth-order valence-electron chi connectivity index (χ4n) is 2.21. The van der Waals surface area contributed by atoms with Gasteiger partial charge in [0.05, 0.1) is 0 Å². The normalized spacial score (nSPS) is 10.4. The van der Waals surface area contributed by atoms with Crippen molar-refractivity contribution in [1.82, 2.24) is 10.2 Å². The van der Waals surface area contributed by atoms with E-state index in [1.807, 2.05) is 0 Å². The molecule has 8 heteroatoms. The summed E-state index contributed by atoms with van der Waals surface area (Å²) in [6, 6.07) is 11.8. The third-order valence-corrected chi connectivity index (χ3v) is 5.22. The molecule has 0 bridgehead atoms. The summed E-state index contributed by atoms with van der Waals surface area (Å²) in [5.41, 5.74) is 1.94. The summed E-state index contributed by atoms with van der Waals surface area (Å²) in [4.78, 5) is 13.4. The van der Waals surface area contributed by atoms with Crippen LogP contribution >= 0.6 is 35.6 Å². The molecule has 0 aliphatic rings. The molecule has 0 saturated carbocycles. The fraction of sp³-hybridized carbons (Fsp3) is 0.263. The van der Waals surface area contributed by atoms with Crippen LogP contribution in [0, 0.1) is 5.82 Å². The molecule has 0 radical (unpaired) electrons. The lowest BCUT2D eigenvalue weighted by molar-refractivity contribution is 0.0827. The summed E-state index contributed by atoms with van der Waals surface area (Å²) in [5.74, 6) is 0.933. The lowest BCUT2D eigenvalue weighted by atomic mass is 10.2. The number of benzene rings is 2. The maximum absolute atomic E-state index is 13.7. The number of carbonyl (C=O) groups is 1. The molecule has 0 atom stereocenters. The molecule has 0 unspecified atom stereocenters. The van der Waals surface area contributed by atoms with Crippen molar-refractivity contribution in [1.29, 1.82) is 0 Å². The zero-order valence-electron chi connectivity index (χ0n) is 15.1. The molecule has 0 heterocycles. The minimum absolute atomic E-state index is 0.0470. The van der Waals surface area contributed by atoms with Crippen molar-refractivity contribution in [3.63, 3.8) is 0 Å². The number of thiocarbonyl (C=S) groups is 1. The van der Waals surface area contributed by atoms with Gasteiger partial charge in [-0.25, -0.2) is 4.39 Å². The molecule has 2 aromatic carbocycles. The largest absolute Gasteiger partial charge is 0.362 e. The summed E-state index contributed by atoms with van der Waals surface area (Å²) in [6.07, 6.45) is 0. The van der Waals surface area contributed by atoms with Crippen molar-refractivity contribution in [2.75, 3.05) is 31.7 Å². The first-order chi connectivity index (χ1) is 12.9. The Balaban J connectivity index is 1.71. The Kier molecular flexibility index (Phi) is 8.34. The van der Waals surface area contributed by atoms with E-state index in [9.17, 15) is 9.18 Å². The smallest absolute Gasteiger partial charge is 0.253 e. The predicted octanol–water partition coefficient (Wildman–Crippen LogP) is 4.40. The van der Waals surface area contributed by atoms with Gasteiger partial charge in [0, 0.05) is 54.0 Å². The molecule has 0 aliphatic heterocycles. The van der Waals surface area contributed by atoms with Gasteiger partial charge in [-0.3, -0.25) is 4.79 Å². The van der Waals surface area contributed by atoms with E-state index >= 15 is 0 Å². The molecule has 2 aromatic rings. The van der Waals surface area contributed by atoms with E-state index in [4.69, 9.17) is 23.8 Å². The summed E-state index contributed by atoms with van der Waals surface area (Å²) >= 11 is 12.8. The van der Waals surface area contributed by atoms with Gasteiger partial charge in [-0.1, -0.05) is 17.7 Å². The lowest BCUT2D eigenvalue weighted by Crippen LogP contribution is -2.30. The Morgan fingerprint density at radius 1 is 1.22 bits per heavy atom. The van der Waals surface area contributed by atoms with Crippen molar-refractivity contribution in [3.05, 3.63) is 64.4 Å². The van der Waals surface area contributed by atoms with Crippen LogP contribution in [0.4, 0.5) is 10.1 Å². The minimum atomic E-state index is -0.281. The Hall–Kier alpha value is -1.83. The van der Waals surface area contributed by atoms with Crippen LogP contribution in [-0.2, 0) is 5.75 Å². The molecule has 0 aromatic heterocycles. The summed E-state index contributed by atoms with van der Waals surface area (Å²) in [6.45, 7) is 0.639. The van der Waals surface area contributed by atoms with Gasteiger partial charge >= 0.3 is 0 Å². The third-order valence-electron chi connectivity index (χ3n) is 3.64. The Labute approximate surface area is 173 Å². The van der Waals surface area contributed by atoms with Gasteiger partial charge in [-0.15, -0.1) is 0 Å². The van der Waals surface area contributed by atoms with Gasteiger partial charge < -0.3 is 15.5 Å². The number of hydrogen-bond donors (Lipinski definition) is 2. The van der Waals surface area contributed by atoms with Crippen LogP contribution in [0.2, 0.25) is 5.02 Å². The minimum Gasteiger partial charge on any atom is -0.362 e. The number of carbonyl (C=O) groups excluding carboxylic acids is 1. The van der Waals surface area contributed by atoms with Crippen LogP contribution in [0.1, 0.15) is 15.9 Å². The van der Waals surface area contributed by atoms with E-state index in [0.717, 1.165) is 11.4 Å². The first kappa shape index (κ1) is 21.5. The highest BCUT2D eigenvalue weighted by molar-refractivity contribution is 7.98. The molecule has 2 rings (SSSR count). The van der Waals surface area contributed by atoms with Crippen LogP contribution in [-0.4, -0.2) is 42.3 Å². The number of anilines is 1. The molecular formula is C19H21ClFN3OS2. The van der Waals surface area contributed by atoms with Crippen LogP contribution < -0.4 is 10.6 Å². The van der Waals surface area contributed by atoms with Gasteiger partial charge in [0.2, 0.25) is 0 Å². The summed E-state index contributed by atoms with van der Waals surface area (Å²) in [5, 5.41) is 7.11. The van der Waals surface area contributed by atoms with Crippen LogP contribution in [0.15, 0.2) is 42.5 Å². The standard InChI is InChI=1S/C19H21ClFN3OS2/c1-24(2)18(25)13-6-8-14(9-7-13)23-19(26)22-10-11-27-12-15-16(20)4-3-5-17(15)21/h3-9H,10-12H2,1-2H3,(H2,22,23,26). The van der Waals surface area contributed by atoms with Crippen molar-refractivity contribution >= 4 is 52.3 Å². The average Bonchev–Trinajstić information content (AvgIpc) is 2.63. The molecule has 27 heavy (non-hydrogen) atoms. The Bertz CT molecular complexity index is 780. The predicted molar refractivity (Wildman–Crippen MR) is 116 cm³/mol. The monoisotopic (exact) mass is 425 g/mol. The molecule has 144 valence electrons. The first-order valence-electron chi connectivity index (χ1n) is 8.25. The number of hydrogen-bond acceptors (Lipinski definition) is 3. The molecule has 0 fully saturated rings. The third kappa shape index (κ3) is 6.68. The number of halogens is 2. The molecule has 2 N–H and O–H groups in total. The van der Waals surface area contributed by atoms with E-state index in [-0.39, 0.29) is 11.7 Å². The van der Waals surface area contributed by atoms with Crippen LogP contribution in [0.3, 0.4) is 0 Å².